The Morgan fingerprint density at radius 1 is 1.44 bits per heavy atom. The lowest BCUT2D eigenvalue weighted by molar-refractivity contribution is -0.0285. The first-order valence-corrected chi connectivity index (χ1v) is 3.09. The fourth-order valence-electron chi connectivity index (χ4n) is 0.460. The van der Waals surface area contributed by atoms with Gasteiger partial charge in [-0.3, -0.25) is 0 Å². The average molecular weight is 130 g/mol. The lowest BCUT2D eigenvalue weighted by Crippen LogP contribution is -1.96. The van der Waals surface area contributed by atoms with Crippen LogP contribution in [0.2, 0.25) is 0 Å². The van der Waals surface area contributed by atoms with Crippen molar-refractivity contribution < 1.29 is 9.47 Å². The molecule has 0 amide bonds. The lowest BCUT2D eigenvalue weighted by Gasteiger charge is -1.97. The molecule has 0 aliphatic rings. The van der Waals surface area contributed by atoms with Gasteiger partial charge in [0.25, 0.3) is 0 Å². The first kappa shape index (κ1) is 8.66. The molecular weight excluding hydrogens is 116 g/mol. The largest absolute Gasteiger partial charge is 0.359 e. The molecule has 54 valence electrons. The molecule has 0 spiro atoms. The van der Waals surface area contributed by atoms with Gasteiger partial charge in [0.05, 0.1) is 6.61 Å². The molecule has 0 unspecified atom stereocenters. The maximum Gasteiger partial charge on any atom is 0.146 e. The molecule has 0 aliphatic carbocycles. The molecule has 0 fully saturated rings. The smallest absolute Gasteiger partial charge is 0.146 e. The molecule has 0 atom stereocenters. The number of ether oxygens (including phenoxy) is 2. The van der Waals surface area contributed by atoms with Gasteiger partial charge in [-0.05, 0) is 13.3 Å². The summed E-state index contributed by atoms with van der Waals surface area (Å²) < 4.78 is 9.69. The van der Waals surface area contributed by atoms with Crippen LogP contribution in [0.15, 0.2) is 12.2 Å². The third-order valence-electron chi connectivity index (χ3n) is 0.866. The molecule has 0 bridgehead atoms. The van der Waals surface area contributed by atoms with Crippen molar-refractivity contribution in [2.75, 3.05) is 20.5 Å². The van der Waals surface area contributed by atoms with Crippen molar-refractivity contribution in [3.8, 4) is 0 Å². The Hall–Kier alpha value is -0.340. The van der Waals surface area contributed by atoms with E-state index in [-0.39, 0.29) is 0 Å². The summed E-state index contributed by atoms with van der Waals surface area (Å²) >= 11 is 0. The number of rotatable bonds is 5. The zero-order valence-corrected chi connectivity index (χ0v) is 6.09. The van der Waals surface area contributed by atoms with E-state index in [2.05, 4.69) is 10.8 Å². The zero-order chi connectivity index (χ0) is 6.95. The molecule has 0 radical (unpaired) electrons. The third-order valence-corrected chi connectivity index (χ3v) is 0.866. The molecule has 0 aromatic carbocycles. The second kappa shape index (κ2) is 7.66. The minimum atomic E-state index is 0.400. The van der Waals surface area contributed by atoms with Gasteiger partial charge in [0, 0.05) is 7.11 Å². The molecule has 9 heavy (non-hydrogen) atoms. The van der Waals surface area contributed by atoms with Crippen LogP contribution < -0.4 is 0 Å². The summed E-state index contributed by atoms with van der Waals surface area (Å²) in [4.78, 5) is 0. The molecule has 0 aromatic heterocycles. The van der Waals surface area contributed by atoms with Gasteiger partial charge in [0.15, 0.2) is 0 Å². The lowest BCUT2D eigenvalue weighted by atomic mass is 10.4. The molecule has 0 rings (SSSR count). The van der Waals surface area contributed by atoms with Gasteiger partial charge in [-0.25, -0.2) is 0 Å². The van der Waals surface area contributed by atoms with E-state index in [1.807, 2.05) is 13.0 Å². The van der Waals surface area contributed by atoms with Crippen LogP contribution in [0.25, 0.3) is 0 Å². The van der Waals surface area contributed by atoms with Gasteiger partial charge in [0.1, 0.15) is 6.79 Å². The molecule has 0 saturated heterocycles. The van der Waals surface area contributed by atoms with E-state index in [1.54, 1.807) is 7.11 Å². The van der Waals surface area contributed by atoms with Gasteiger partial charge >= 0.3 is 0 Å². The Balaban J connectivity index is 2.75. The summed E-state index contributed by atoms with van der Waals surface area (Å²) in [5, 5.41) is 0. The minimum Gasteiger partial charge on any atom is -0.359 e. The predicted octanol–water partition coefficient (Wildman–Crippen LogP) is 1.57. The Morgan fingerprint density at radius 3 is 2.78 bits per heavy atom. The van der Waals surface area contributed by atoms with E-state index in [0.717, 1.165) is 13.0 Å². The van der Waals surface area contributed by atoms with Gasteiger partial charge in [0.2, 0.25) is 0 Å². The molecule has 0 heterocycles. The van der Waals surface area contributed by atoms with Crippen LogP contribution in [-0.4, -0.2) is 20.5 Å². The fraction of sp³-hybridized carbons (Fsp3) is 0.714. The highest BCUT2D eigenvalue weighted by molar-refractivity contribution is 4.75. The number of allylic oxidation sites excluding steroid dienone is 1. The SMILES string of the molecule is CC=CCCOCOC. The fourth-order valence-corrected chi connectivity index (χ4v) is 0.460. The van der Waals surface area contributed by atoms with Crippen molar-refractivity contribution in [3.05, 3.63) is 12.2 Å². The van der Waals surface area contributed by atoms with Crippen molar-refractivity contribution >= 4 is 0 Å². The Labute approximate surface area is 56.5 Å². The third kappa shape index (κ3) is 7.66. The zero-order valence-electron chi connectivity index (χ0n) is 6.09. The maximum atomic E-state index is 5.01. The monoisotopic (exact) mass is 130 g/mol. The van der Waals surface area contributed by atoms with E-state index in [1.165, 1.54) is 0 Å². The highest BCUT2D eigenvalue weighted by atomic mass is 16.7. The maximum absolute atomic E-state index is 5.01. The van der Waals surface area contributed by atoms with Crippen LogP contribution in [0.4, 0.5) is 0 Å². The van der Waals surface area contributed by atoms with Crippen molar-refractivity contribution in [3.63, 3.8) is 0 Å². The Bertz CT molecular complexity index is 69.3. The summed E-state index contributed by atoms with van der Waals surface area (Å²) in [5.74, 6) is 0. The van der Waals surface area contributed by atoms with E-state index in [9.17, 15) is 0 Å². The van der Waals surface area contributed by atoms with Crippen molar-refractivity contribution in [2.45, 2.75) is 13.3 Å². The Kier molecular flexibility index (Phi) is 7.37. The summed E-state index contributed by atoms with van der Waals surface area (Å²) in [6.45, 7) is 3.14. The highest BCUT2D eigenvalue weighted by Crippen LogP contribution is 1.84. The van der Waals surface area contributed by atoms with Crippen LogP contribution in [-0.2, 0) is 9.47 Å². The summed E-state index contributed by atoms with van der Waals surface area (Å²) in [7, 11) is 1.62. The van der Waals surface area contributed by atoms with Gasteiger partial charge < -0.3 is 9.47 Å². The van der Waals surface area contributed by atoms with E-state index < -0.39 is 0 Å². The molecule has 0 aliphatic heterocycles. The van der Waals surface area contributed by atoms with Crippen LogP contribution in [0.1, 0.15) is 13.3 Å². The molecule has 2 nitrogen and oxygen atoms in total. The summed E-state index contributed by atoms with van der Waals surface area (Å²) in [6, 6.07) is 0. The Morgan fingerprint density at radius 2 is 2.22 bits per heavy atom. The number of methoxy groups -OCH3 is 1. The van der Waals surface area contributed by atoms with Gasteiger partial charge in [-0.2, -0.15) is 0 Å². The molecule has 2 heteroatoms. The first-order chi connectivity index (χ1) is 4.41. The number of hydrogen-bond donors (Lipinski definition) is 0. The standard InChI is InChI=1S/C7H14O2/c1-3-4-5-6-9-7-8-2/h3-4H,5-7H2,1-2H3. The van der Waals surface area contributed by atoms with Gasteiger partial charge in [-0.15, -0.1) is 0 Å². The van der Waals surface area contributed by atoms with Crippen molar-refractivity contribution in [1.29, 1.82) is 0 Å². The van der Waals surface area contributed by atoms with E-state index >= 15 is 0 Å². The normalized spacial score (nSPS) is 10.9. The quantitative estimate of drug-likeness (QED) is 0.319. The topological polar surface area (TPSA) is 18.5 Å². The second-order valence-corrected chi connectivity index (χ2v) is 1.67. The van der Waals surface area contributed by atoms with Crippen molar-refractivity contribution in [2.24, 2.45) is 0 Å². The summed E-state index contributed by atoms with van der Waals surface area (Å²) in [6.07, 6.45) is 5.05. The van der Waals surface area contributed by atoms with Gasteiger partial charge in [-0.1, -0.05) is 12.2 Å². The minimum absolute atomic E-state index is 0.400. The first-order valence-electron chi connectivity index (χ1n) is 3.09. The molecular formula is C7H14O2. The number of hydrogen-bond acceptors (Lipinski definition) is 2. The van der Waals surface area contributed by atoms with Crippen LogP contribution in [0.3, 0.4) is 0 Å². The predicted molar refractivity (Wildman–Crippen MR) is 37.3 cm³/mol. The molecule has 0 saturated carbocycles. The van der Waals surface area contributed by atoms with Crippen LogP contribution >= 0.6 is 0 Å². The van der Waals surface area contributed by atoms with Crippen molar-refractivity contribution in [1.82, 2.24) is 0 Å². The van der Waals surface area contributed by atoms with Crippen LogP contribution in [0.5, 0.6) is 0 Å². The molecule has 0 N–H and O–H groups in total. The second-order valence-electron chi connectivity index (χ2n) is 1.67. The average Bonchev–Trinajstić information content (AvgIpc) is 1.89. The van der Waals surface area contributed by atoms with E-state index in [4.69, 9.17) is 4.74 Å². The molecule has 0 aromatic rings. The van der Waals surface area contributed by atoms with E-state index in [0.29, 0.717) is 6.79 Å². The highest BCUT2D eigenvalue weighted by Gasteiger charge is 1.80. The summed E-state index contributed by atoms with van der Waals surface area (Å²) in [5.41, 5.74) is 0. The van der Waals surface area contributed by atoms with Crippen LogP contribution in [0, 0.1) is 0 Å².